The van der Waals surface area contributed by atoms with Gasteiger partial charge < -0.3 is 71.0 Å². The summed E-state index contributed by atoms with van der Waals surface area (Å²) in [6, 6.07) is 0. The van der Waals surface area contributed by atoms with Crippen LogP contribution in [-0.2, 0) is 33.6 Å². The molecule has 0 radical (unpaired) electrons. The van der Waals surface area contributed by atoms with Gasteiger partial charge in [-0.15, -0.1) is 0 Å². The zero-order valence-electron chi connectivity index (χ0n) is 6.35. The molecule has 0 aromatic carbocycles. The Hall–Kier alpha value is -2.05. The van der Waals surface area contributed by atoms with Gasteiger partial charge in [-0.1, -0.05) is 0 Å². The zero-order valence-corrected chi connectivity index (χ0v) is 8.44. The quantitative estimate of drug-likeness (QED) is 0.465. The fraction of sp³-hybridized carbons (Fsp3) is 0. The van der Waals surface area contributed by atoms with Gasteiger partial charge in [0.1, 0.15) is 0 Å². The molecule has 0 aliphatic heterocycles. The van der Waals surface area contributed by atoms with E-state index in [0.29, 0.717) is 0 Å². The first-order valence-electron chi connectivity index (χ1n) is 1.34. The summed E-state index contributed by atoms with van der Waals surface area (Å²) in [5.74, 6) is 0. The molecule has 0 atom stereocenters. The third kappa shape index (κ3) is 190. The first kappa shape index (κ1) is 91.8. The molecule has 6 nitrogen and oxygen atoms in total. The largest absolute Gasteiger partial charge is 2.00 e. The normalized spacial score (nSPS) is 0.857. The average molecular weight is 271 g/mol. The van der Waals surface area contributed by atoms with Gasteiger partial charge in [0, 0.05) is 16.5 Å². The summed E-state index contributed by atoms with van der Waals surface area (Å²) in [5.41, 5.74) is 0. The second kappa shape index (κ2) is 259. The van der Waals surface area contributed by atoms with Crippen molar-refractivity contribution in [2.45, 2.75) is 0 Å². The van der Waals surface area contributed by atoms with E-state index in [1.807, 2.05) is 0 Å². The van der Waals surface area contributed by atoms with Crippen molar-refractivity contribution in [2.75, 3.05) is 0 Å². The minimum Gasteiger partial charge on any atom is -0.512 e. The molecule has 76 valence electrons. The van der Waals surface area contributed by atoms with Crippen molar-refractivity contribution in [1.29, 1.82) is 31.6 Å². The molecule has 0 bridgehead atoms. The van der Waals surface area contributed by atoms with Crippen LogP contribution >= 0.6 is 0 Å². The summed E-state index contributed by atoms with van der Waals surface area (Å²) in [4.78, 5) is 0. The molecule has 0 N–H and O–H groups in total. The van der Waals surface area contributed by atoms with E-state index in [-0.39, 0.29) is 33.6 Å². The summed E-state index contributed by atoms with van der Waals surface area (Å²) < 4.78 is 0. The molecule has 0 spiro atoms. The van der Waals surface area contributed by atoms with Crippen LogP contribution in [0.1, 0.15) is 0 Å². The van der Waals surface area contributed by atoms with Crippen LogP contribution in [-0.4, -0.2) is 0 Å². The maximum atomic E-state index is 6.25. The van der Waals surface area contributed by atoms with Crippen molar-refractivity contribution < 1.29 is 33.6 Å². The zero-order chi connectivity index (χ0) is 12.0. The molecular weight excluding hydrogens is 271 g/mol. The van der Waals surface area contributed by atoms with Gasteiger partial charge in [-0.05, 0) is 0 Å². The number of rotatable bonds is 0. The van der Waals surface area contributed by atoms with Gasteiger partial charge in [0.15, 0.2) is 0 Å². The minimum absolute atomic E-state index is 0. The van der Waals surface area contributed by atoms with Gasteiger partial charge in [0.05, 0.1) is 0 Å². The SMILES string of the molecule is [C-]#N.[C-]#N.[C-]#N.[C-]#N.[C-]#N.[C-]#N.[Fe+2].[Ni]. The van der Waals surface area contributed by atoms with Crippen LogP contribution in [0, 0.1) is 71.0 Å². The molecule has 0 aromatic rings. The van der Waals surface area contributed by atoms with Crippen LogP contribution in [0.25, 0.3) is 0 Å². The standard InChI is InChI=1S/6CN.Fe.Ni/c6*1-2;;/q6*-1;+2;. The summed E-state index contributed by atoms with van der Waals surface area (Å²) in [6.07, 6.45) is 0. The number of hydrogen-bond donors (Lipinski definition) is 0. The summed E-state index contributed by atoms with van der Waals surface area (Å²) in [7, 11) is 0. The van der Waals surface area contributed by atoms with Crippen molar-refractivity contribution in [3.8, 4) is 0 Å². The molecule has 14 heavy (non-hydrogen) atoms. The molecule has 0 aliphatic rings. The van der Waals surface area contributed by atoms with Crippen molar-refractivity contribution in [3.63, 3.8) is 0 Å². The Morgan fingerprint density at radius 1 is 0.357 bits per heavy atom. The summed E-state index contributed by atoms with van der Waals surface area (Å²) >= 11 is 0. The molecule has 0 saturated heterocycles. The molecule has 0 fully saturated rings. The van der Waals surface area contributed by atoms with E-state index in [2.05, 4.69) is 0 Å². The maximum absolute atomic E-state index is 6.25. The molecule has 0 aliphatic carbocycles. The van der Waals surface area contributed by atoms with E-state index in [9.17, 15) is 0 Å². The van der Waals surface area contributed by atoms with Crippen molar-refractivity contribution in [2.24, 2.45) is 0 Å². The number of nitrogens with zero attached hydrogens (tertiary/aromatic N) is 6. The van der Waals surface area contributed by atoms with Crippen LogP contribution in [0.5, 0.6) is 0 Å². The van der Waals surface area contributed by atoms with E-state index in [4.69, 9.17) is 71.0 Å². The molecule has 0 saturated carbocycles. The molecule has 8 heteroatoms. The Balaban J connectivity index is -0.00000000500. The van der Waals surface area contributed by atoms with Crippen molar-refractivity contribution in [3.05, 3.63) is 39.4 Å². The topological polar surface area (TPSA) is 143 Å². The minimum atomic E-state index is 0. The molecular formula is C6FeN6Ni-4. The Bertz CT molecular complexity index is 97.3. The van der Waals surface area contributed by atoms with E-state index < -0.39 is 0 Å². The Morgan fingerprint density at radius 2 is 0.357 bits per heavy atom. The fourth-order valence-electron chi connectivity index (χ4n) is 0. The van der Waals surface area contributed by atoms with Crippen LogP contribution in [0.4, 0.5) is 0 Å². The molecule has 0 aromatic heterocycles. The third-order valence-corrected chi connectivity index (χ3v) is 0. The Labute approximate surface area is 105 Å². The van der Waals surface area contributed by atoms with Gasteiger partial charge >= 0.3 is 17.1 Å². The van der Waals surface area contributed by atoms with Crippen LogP contribution < -0.4 is 0 Å². The van der Waals surface area contributed by atoms with Gasteiger partial charge in [-0.3, -0.25) is 0 Å². The van der Waals surface area contributed by atoms with Crippen LogP contribution in [0.3, 0.4) is 0 Å². The first-order valence-corrected chi connectivity index (χ1v) is 1.34. The second-order valence-electron chi connectivity index (χ2n) is 0. The van der Waals surface area contributed by atoms with Crippen LogP contribution in [0.2, 0.25) is 0 Å². The van der Waals surface area contributed by atoms with Crippen molar-refractivity contribution >= 4 is 0 Å². The molecule has 0 rings (SSSR count). The van der Waals surface area contributed by atoms with Gasteiger partial charge in [0.2, 0.25) is 0 Å². The van der Waals surface area contributed by atoms with Crippen LogP contribution in [0.15, 0.2) is 0 Å². The summed E-state index contributed by atoms with van der Waals surface area (Å²) in [5, 5.41) is 37.5. The smallest absolute Gasteiger partial charge is 0.512 e. The van der Waals surface area contributed by atoms with Gasteiger partial charge in [0.25, 0.3) is 0 Å². The maximum Gasteiger partial charge on any atom is 2.00 e. The predicted molar refractivity (Wildman–Crippen MR) is 29.8 cm³/mol. The van der Waals surface area contributed by atoms with E-state index in [1.54, 1.807) is 0 Å². The fourth-order valence-corrected chi connectivity index (χ4v) is 0. The summed E-state index contributed by atoms with van der Waals surface area (Å²) in [6.45, 7) is 28.5. The Kier molecular flexibility index (Phi) is 1700. The first-order chi connectivity index (χ1) is 6.00. The monoisotopic (exact) mass is 270 g/mol. The average Bonchev–Trinajstić information content (AvgIpc) is 2.33. The molecule has 0 unspecified atom stereocenters. The van der Waals surface area contributed by atoms with E-state index in [0.717, 1.165) is 0 Å². The van der Waals surface area contributed by atoms with Crippen molar-refractivity contribution in [1.82, 2.24) is 0 Å². The van der Waals surface area contributed by atoms with E-state index in [1.165, 1.54) is 0 Å². The second-order valence-corrected chi connectivity index (χ2v) is 0. The van der Waals surface area contributed by atoms with E-state index >= 15 is 0 Å². The van der Waals surface area contributed by atoms with Gasteiger partial charge in [-0.2, -0.15) is 0 Å². The molecule has 0 heterocycles. The number of hydrogen-bond acceptors (Lipinski definition) is 6. The predicted octanol–water partition coefficient (Wildman–Crippen LogP) is 0.573. The molecule has 0 amide bonds. The van der Waals surface area contributed by atoms with Gasteiger partial charge in [-0.25, -0.2) is 0 Å². The third-order valence-electron chi connectivity index (χ3n) is 0. The Morgan fingerprint density at radius 3 is 0.357 bits per heavy atom.